The fourth-order valence-corrected chi connectivity index (χ4v) is 11.6. The second kappa shape index (κ2) is 27.9. The number of aromatic nitrogens is 3. The van der Waals surface area contributed by atoms with Gasteiger partial charge in [-0.3, -0.25) is 0 Å². The zero-order chi connectivity index (χ0) is 78.6. The van der Waals surface area contributed by atoms with E-state index in [0.29, 0.717) is 44.8 Å². The van der Waals surface area contributed by atoms with Gasteiger partial charge in [-0.2, -0.15) is 0 Å². The summed E-state index contributed by atoms with van der Waals surface area (Å²) >= 11 is 0. The van der Waals surface area contributed by atoms with E-state index in [4.69, 9.17) is 20.6 Å². The summed E-state index contributed by atoms with van der Waals surface area (Å²) in [5.41, 5.74) is 17.0. The molecule has 3 aromatic heterocycles. The third-order valence-corrected chi connectivity index (χ3v) is 15.4. The molecule has 0 bridgehead atoms. The fourth-order valence-electron chi connectivity index (χ4n) is 11.6. The van der Waals surface area contributed by atoms with Gasteiger partial charge in [0.2, 0.25) is 17.1 Å². The molecule has 0 spiro atoms. The highest BCUT2D eigenvalue weighted by atomic mass is 14.9. The lowest BCUT2D eigenvalue weighted by Gasteiger charge is -2.24. The van der Waals surface area contributed by atoms with Crippen LogP contribution < -0.4 is 13.7 Å². The van der Waals surface area contributed by atoms with Crippen LogP contribution in [0.1, 0.15) is 191 Å². The third kappa shape index (κ3) is 19.2. The second-order valence-electron chi connectivity index (χ2n) is 30.1. The first kappa shape index (κ1) is 50.5. The van der Waals surface area contributed by atoms with Crippen LogP contribution in [-0.2, 0) is 53.1 Å². The van der Waals surface area contributed by atoms with Crippen molar-refractivity contribution in [3.63, 3.8) is 0 Å². The summed E-state index contributed by atoms with van der Waals surface area (Å²) in [6.45, 7) is 31.2. The van der Waals surface area contributed by atoms with E-state index in [-0.39, 0.29) is 33.1 Å². The summed E-state index contributed by atoms with van der Waals surface area (Å²) in [4.78, 5) is 0. The minimum Gasteiger partial charge on any atom is -0.201 e. The standard InChI is InChI=1S/2C30H40N.C26H32N/c2*1-21-15-22(2)27(17-26(21)23-13-11-10-12-14-23)28-16-24(18-29(3,4)5)25(20-31(28)9)19-30(6,7)8;1-18-13-19(2)24(15-23(18)21-11-9-8-10-12-21)25-14-22(16-26(4,5)6)20(3)17-27(25)7/h2*10-17,20H,18-19H2,1-9H3;8-15,17H,16H2,1-7H3/q3*+1/i1D3,18D2,19D2;;1D3,3D3,16D2. The summed E-state index contributed by atoms with van der Waals surface area (Å²) in [5.74, 6) is 0. The Balaban J connectivity index is 0.000000219. The molecule has 0 radical (unpaired) electrons. The Bertz CT molecular complexity index is 4550. The molecule has 0 aliphatic heterocycles. The van der Waals surface area contributed by atoms with E-state index < -0.39 is 55.9 Å². The van der Waals surface area contributed by atoms with Gasteiger partial charge in [0.25, 0.3) is 0 Å². The number of hydrogen-bond donors (Lipinski definition) is 0. The molecule has 3 nitrogen and oxygen atoms in total. The smallest absolute Gasteiger partial charge is 0.201 e. The third-order valence-electron chi connectivity index (χ3n) is 15.4. The maximum absolute atomic E-state index is 9.14. The molecule has 3 heterocycles. The molecular formula is C86H112N3+3. The van der Waals surface area contributed by atoms with E-state index in [0.717, 1.165) is 35.1 Å². The summed E-state index contributed by atoms with van der Waals surface area (Å²) in [6, 6.07) is 47.0. The fraction of sp³-hybridized carbons (Fsp3) is 0.407. The molecule has 3 heteroatoms. The molecule has 0 atom stereocenters. The predicted octanol–water partition coefficient (Wildman–Crippen LogP) is 21.6. The molecule has 89 heavy (non-hydrogen) atoms. The van der Waals surface area contributed by atoms with Gasteiger partial charge in [-0.1, -0.05) is 213 Å². The first-order valence-electron chi connectivity index (χ1n) is 39.0. The summed E-state index contributed by atoms with van der Waals surface area (Å²) < 4.78 is 133. The molecule has 0 aliphatic rings. The van der Waals surface area contributed by atoms with Crippen molar-refractivity contribution in [1.82, 2.24) is 0 Å². The minimum absolute atomic E-state index is 0.0382. The van der Waals surface area contributed by atoms with Crippen molar-refractivity contribution in [3.8, 4) is 67.2 Å². The largest absolute Gasteiger partial charge is 0.212 e. The molecule has 0 aliphatic carbocycles. The second-order valence-corrected chi connectivity index (χ2v) is 30.1. The molecule has 0 saturated carbocycles. The van der Waals surface area contributed by atoms with Gasteiger partial charge in [0, 0.05) is 72.1 Å². The van der Waals surface area contributed by atoms with Gasteiger partial charge < -0.3 is 0 Å². The van der Waals surface area contributed by atoms with Crippen molar-refractivity contribution < 1.29 is 34.3 Å². The van der Waals surface area contributed by atoms with Gasteiger partial charge in [-0.05, 0) is 209 Å². The first-order valence-corrected chi connectivity index (χ1v) is 31.5. The van der Waals surface area contributed by atoms with E-state index >= 15 is 0 Å². The number of aryl methyl sites for hydroxylation is 10. The van der Waals surface area contributed by atoms with Crippen LogP contribution >= 0.6 is 0 Å². The zero-order valence-corrected chi connectivity index (χ0v) is 57.8. The van der Waals surface area contributed by atoms with E-state index in [9.17, 15) is 0 Å². The van der Waals surface area contributed by atoms with Crippen LogP contribution in [0.2, 0.25) is 0 Å². The highest BCUT2D eigenvalue weighted by Crippen LogP contribution is 2.38. The van der Waals surface area contributed by atoms with Crippen LogP contribution in [0.5, 0.6) is 0 Å². The summed E-state index contributed by atoms with van der Waals surface area (Å²) in [7, 11) is 5.75. The molecular weight excluding hydrogens is 1070 g/mol. The molecule has 468 valence electrons. The lowest BCUT2D eigenvalue weighted by molar-refractivity contribution is -0.661. The SMILES string of the molecule is Cc1cc(C)c(-c2cc(CC(C)(C)C)c(CC(C)(C)C)c[n+]2C)cc1-c1ccccc1.[2H]C([2H])([2H])c1cc(C)c(-c2cc(C([2H])([2H])C(C)(C)C)c(C([2H])([2H])C(C)(C)C)c[n+]2C)cc1-c1ccccc1.[2H]C([2H])([2H])c1cc(C)c(-c2cc(C([2H])([2H])C(C)(C)C)c(C([2H])([2H])[2H])c[n+]2C)cc1-c1ccccc1. The van der Waals surface area contributed by atoms with E-state index in [2.05, 4.69) is 122 Å². The molecule has 9 rings (SSSR count). The average Bonchev–Trinajstić information content (AvgIpc) is 0.745. The Hall–Kier alpha value is -7.23. The van der Waals surface area contributed by atoms with Crippen LogP contribution in [0.3, 0.4) is 0 Å². The van der Waals surface area contributed by atoms with Gasteiger partial charge in [0.15, 0.2) is 18.6 Å². The number of rotatable bonds is 11. The highest BCUT2D eigenvalue weighted by molar-refractivity contribution is 5.78. The number of pyridine rings is 3. The first-order chi connectivity index (χ1) is 47.3. The van der Waals surface area contributed by atoms with E-state index in [1.54, 1.807) is 62.8 Å². The summed E-state index contributed by atoms with van der Waals surface area (Å²) in [6.07, 6.45) is 2.14. The lowest BCUT2D eigenvalue weighted by Crippen LogP contribution is -2.33. The molecule has 0 N–H and O–H groups in total. The predicted molar refractivity (Wildman–Crippen MR) is 384 cm³/mol. The monoisotopic (exact) mass is 1200 g/mol. The van der Waals surface area contributed by atoms with Gasteiger partial charge >= 0.3 is 0 Å². The van der Waals surface area contributed by atoms with Crippen molar-refractivity contribution >= 4 is 0 Å². The number of nitrogens with zero attached hydrogens (tertiary/aromatic N) is 3. The Labute approximate surface area is 562 Å². The van der Waals surface area contributed by atoms with Crippen molar-refractivity contribution in [1.29, 1.82) is 0 Å². The molecule has 0 fully saturated rings. The maximum atomic E-state index is 9.14. The van der Waals surface area contributed by atoms with Crippen molar-refractivity contribution in [2.45, 2.75) is 184 Å². The molecule has 6 aromatic carbocycles. The minimum atomic E-state index is -2.50. The van der Waals surface area contributed by atoms with Crippen molar-refractivity contribution in [2.75, 3.05) is 0 Å². The van der Waals surface area contributed by atoms with Crippen molar-refractivity contribution in [2.24, 2.45) is 48.2 Å². The topological polar surface area (TPSA) is 11.6 Å². The molecule has 9 aromatic rings. The average molecular weight is 1200 g/mol. The van der Waals surface area contributed by atoms with Crippen LogP contribution in [0.25, 0.3) is 67.2 Å². The Kier molecular flexibility index (Phi) is 15.8. The molecule has 0 unspecified atom stereocenters. The van der Waals surface area contributed by atoms with E-state index in [1.807, 2.05) is 140 Å². The highest BCUT2D eigenvalue weighted by Gasteiger charge is 2.28. The summed E-state index contributed by atoms with van der Waals surface area (Å²) in [5, 5.41) is 0. The normalized spacial score (nSPS) is 15.5. The molecule has 0 saturated heterocycles. The Morgan fingerprint density at radius 2 is 0.584 bits per heavy atom. The van der Waals surface area contributed by atoms with Crippen LogP contribution in [0, 0.1) is 75.3 Å². The Morgan fingerprint density at radius 3 is 0.955 bits per heavy atom. The maximum Gasteiger partial charge on any atom is 0.212 e. The quantitative estimate of drug-likeness (QED) is 0.114. The molecule has 0 amide bonds. The Morgan fingerprint density at radius 1 is 0.292 bits per heavy atom. The van der Waals surface area contributed by atoms with Crippen LogP contribution in [0.4, 0.5) is 0 Å². The van der Waals surface area contributed by atoms with Gasteiger partial charge in [0.05, 0.1) is 0 Å². The van der Waals surface area contributed by atoms with Crippen LogP contribution in [-0.4, -0.2) is 0 Å². The number of hydrogen-bond acceptors (Lipinski definition) is 0. The lowest BCUT2D eigenvalue weighted by atomic mass is 9.81. The van der Waals surface area contributed by atoms with Gasteiger partial charge in [-0.25, -0.2) is 13.7 Å². The van der Waals surface area contributed by atoms with E-state index in [1.165, 1.54) is 50.8 Å². The van der Waals surface area contributed by atoms with Crippen LogP contribution in [0.15, 0.2) is 164 Å². The number of benzene rings is 6. The van der Waals surface area contributed by atoms with Gasteiger partial charge in [-0.15, -0.1) is 0 Å². The van der Waals surface area contributed by atoms with Crippen molar-refractivity contribution in [3.05, 3.63) is 231 Å². The van der Waals surface area contributed by atoms with Gasteiger partial charge in [0.1, 0.15) is 21.1 Å². The zero-order valence-electron chi connectivity index (χ0n) is 72.8.